The van der Waals surface area contributed by atoms with E-state index < -0.39 is 114 Å². The summed E-state index contributed by atoms with van der Waals surface area (Å²) < 4.78 is 111. The van der Waals surface area contributed by atoms with Gasteiger partial charge in [0, 0.05) is 20.0 Å². The molecule has 0 aliphatic carbocycles. The maximum absolute atomic E-state index is 13.5. The monoisotopic (exact) mass is 1160 g/mol. The second-order valence-electron chi connectivity index (χ2n) is 19.9. The molecule has 440 valence electrons. The Morgan fingerprint density at radius 3 is 1.61 bits per heavy atom. The molecule has 0 aromatic heterocycles. The van der Waals surface area contributed by atoms with Crippen molar-refractivity contribution < 1.29 is 89.1 Å². The van der Waals surface area contributed by atoms with E-state index in [1.165, 1.54) is 14.0 Å². The van der Waals surface area contributed by atoms with Crippen LogP contribution in [0.5, 0.6) is 0 Å². The van der Waals surface area contributed by atoms with Gasteiger partial charge < -0.3 is 67.6 Å². The predicted octanol–water partition coefficient (Wildman–Crippen LogP) is 6.50. The van der Waals surface area contributed by atoms with Gasteiger partial charge in [-0.15, -0.1) is 11.6 Å². The zero-order chi connectivity index (χ0) is 56.9. The molecule has 4 N–H and O–H groups in total. The summed E-state index contributed by atoms with van der Waals surface area (Å²) in [6, 6.07) is 36.9. The van der Waals surface area contributed by atoms with Crippen LogP contribution in [0.15, 0.2) is 121 Å². The molecule has 3 heterocycles. The van der Waals surface area contributed by atoms with E-state index in [0.29, 0.717) is 19.3 Å². The summed E-state index contributed by atoms with van der Waals surface area (Å²) in [5.41, 5.74) is 3.43. The second-order valence-corrected chi connectivity index (χ2v) is 21.3. The fraction of sp³-hybridized carbons (Fsp3) is 0.552. The van der Waals surface area contributed by atoms with E-state index in [2.05, 4.69) is 5.32 Å². The molecule has 22 heteroatoms. The van der Waals surface area contributed by atoms with Gasteiger partial charge in [0.1, 0.15) is 67.1 Å². The lowest BCUT2D eigenvalue weighted by atomic mass is 9.94. The Morgan fingerprint density at radius 2 is 1.07 bits per heavy atom. The number of carbonyl (C=O) groups is 2. The van der Waals surface area contributed by atoms with Crippen LogP contribution in [0.3, 0.4) is 0 Å². The van der Waals surface area contributed by atoms with E-state index in [0.717, 1.165) is 47.9 Å². The van der Waals surface area contributed by atoms with Gasteiger partial charge in [-0.2, -0.15) is 8.42 Å². The van der Waals surface area contributed by atoms with Gasteiger partial charge in [0.2, 0.25) is 5.91 Å². The fourth-order valence-electron chi connectivity index (χ4n) is 9.83. The Hall–Kier alpha value is -4.50. The molecule has 0 saturated carbocycles. The van der Waals surface area contributed by atoms with Crippen molar-refractivity contribution in [3.8, 4) is 0 Å². The first-order valence-corrected chi connectivity index (χ1v) is 29.0. The number of hydrogen-bond acceptors (Lipinski definition) is 18. The van der Waals surface area contributed by atoms with E-state index in [1.807, 2.05) is 128 Å². The minimum Gasteiger partial charge on any atom is -0.469 e. The van der Waals surface area contributed by atoms with Crippen LogP contribution in [0.1, 0.15) is 81.0 Å². The van der Waals surface area contributed by atoms with E-state index in [4.69, 9.17) is 67.9 Å². The zero-order valence-corrected chi connectivity index (χ0v) is 46.8. The number of hydrogen-bond donors (Lipinski definition) is 4. The van der Waals surface area contributed by atoms with Gasteiger partial charge in [-0.1, -0.05) is 147 Å². The lowest BCUT2D eigenvalue weighted by molar-refractivity contribution is -0.377. The molecule has 0 radical (unpaired) electrons. The van der Waals surface area contributed by atoms with Crippen LogP contribution >= 0.6 is 11.6 Å². The smallest absolute Gasteiger partial charge is 0.397 e. The minimum atomic E-state index is -5.28. The summed E-state index contributed by atoms with van der Waals surface area (Å²) in [5.74, 6) is -1.20. The van der Waals surface area contributed by atoms with Gasteiger partial charge in [-0.05, 0) is 42.0 Å². The lowest BCUT2D eigenvalue weighted by Gasteiger charge is -2.51. The molecule has 15 atom stereocenters. The Kier molecular flexibility index (Phi) is 25.5. The molecule has 4 aromatic carbocycles. The first-order valence-electron chi connectivity index (χ1n) is 27.1. The van der Waals surface area contributed by atoms with Gasteiger partial charge in [0.15, 0.2) is 18.9 Å². The molecule has 3 aliphatic rings. The average Bonchev–Trinajstić information content (AvgIpc) is 3.56. The highest BCUT2D eigenvalue weighted by atomic mass is 35.5. The zero-order valence-electron chi connectivity index (χ0n) is 45.3. The van der Waals surface area contributed by atoms with E-state index >= 15 is 0 Å². The van der Waals surface area contributed by atoms with Crippen LogP contribution in [-0.4, -0.2) is 153 Å². The first-order chi connectivity index (χ1) is 38.7. The van der Waals surface area contributed by atoms with Gasteiger partial charge >= 0.3 is 16.4 Å². The third-order valence-corrected chi connectivity index (χ3v) is 14.7. The molecule has 4 aromatic rings. The molecule has 0 bridgehead atoms. The molecular formula is C58H76ClNO19S. The lowest BCUT2D eigenvalue weighted by Crippen LogP contribution is -2.70. The quantitative estimate of drug-likeness (QED) is 0.0182. The number of methoxy groups -OCH3 is 1. The van der Waals surface area contributed by atoms with Crippen LogP contribution < -0.4 is 5.32 Å². The van der Waals surface area contributed by atoms with Crippen LogP contribution in [-0.2, 0) is 103 Å². The molecule has 0 spiro atoms. The Morgan fingerprint density at radius 1 is 0.575 bits per heavy atom. The first kappa shape index (κ1) is 63.1. The summed E-state index contributed by atoms with van der Waals surface area (Å²) in [4.78, 5) is 25.2. The highest BCUT2D eigenvalue weighted by Crippen LogP contribution is 2.37. The summed E-state index contributed by atoms with van der Waals surface area (Å²) in [5, 5.41) is 25.9. The molecule has 0 unspecified atom stereocenters. The SMILES string of the molecule is COC(=O)CCCCCCCCO[C@@H]1O[C@H](COCc2ccccc2)[C@@H](O[C@@H]2O[C@H](CCl)[C@H](O)[C@H](OS(=O)(=O)O)[C@H]2O)[C@H](O[C@@H]2O[C@@H](C)[C@@H](OCc3ccccc3)[C@@H](OCc3ccccc3)[C@@H]2OCc2ccccc2)[C@H]1NC(C)=O. The Balaban J connectivity index is 1.28. The van der Waals surface area contributed by atoms with Crippen LogP contribution in [0.4, 0.5) is 0 Å². The van der Waals surface area contributed by atoms with Gasteiger partial charge in [0.05, 0.1) is 52.1 Å². The summed E-state index contributed by atoms with van der Waals surface area (Å²) in [7, 11) is -3.91. The van der Waals surface area contributed by atoms with E-state index in [1.54, 1.807) is 0 Å². The molecule has 80 heavy (non-hydrogen) atoms. The van der Waals surface area contributed by atoms with Crippen molar-refractivity contribution in [3.05, 3.63) is 144 Å². The topological polar surface area (TPSA) is 252 Å². The molecule has 7 rings (SSSR count). The van der Waals surface area contributed by atoms with E-state index in [-0.39, 0.29) is 45.6 Å². The number of alkyl halides is 1. The highest BCUT2D eigenvalue weighted by molar-refractivity contribution is 7.80. The maximum Gasteiger partial charge on any atom is 0.397 e. The van der Waals surface area contributed by atoms with Crippen LogP contribution in [0, 0.1) is 0 Å². The van der Waals surface area contributed by atoms with Crippen molar-refractivity contribution in [2.24, 2.45) is 0 Å². The number of rotatable bonds is 31. The highest BCUT2D eigenvalue weighted by Gasteiger charge is 2.56. The van der Waals surface area contributed by atoms with Crippen molar-refractivity contribution in [2.75, 3.05) is 26.2 Å². The van der Waals surface area contributed by atoms with Crippen molar-refractivity contribution in [3.63, 3.8) is 0 Å². The number of carbonyl (C=O) groups excluding carboxylic acids is 2. The van der Waals surface area contributed by atoms with Crippen molar-refractivity contribution in [2.45, 2.75) is 177 Å². The third kappa shape index (κ3) is 19.3. The third-order valence-electron chi connectivity index (χ3n) is 13.9. The molecule has 3 saturated heterocycles. The number of ether oxygens (including phenoxy) is 11. The van der Waals surface area contributed by atoms with E-state index in [9.17, 15) is 32.8 Å². The molecule has 3 fully saturated rings. The number of unbranched alkanes of at least 4 members (excludes halogenated alkanes) is 5. The summed E-state index contributed by atoms with van der Waals surface area (Å²) in [6.07, 6.45) is -14.4. The van der Waals surface area contributed by atoms with Crippen molar-refractivity contribution in [1.82, 2.24) is 5.32 Å². The van der Waals surface area contributed by atoms with Gasteiger partial charge in [-0.25, -0.2) is 4.18 Å². The maximum atomic E-state index is 13.5. The van der Waals surface area contributed by atoms with Crippen molar-refractivity contribution in [1.29, 1.82) is 0 Å². The Labute approximate surface area is 473 Å². The fourth-order valence-corrected chi connectivity index (χ4v) is 10.6. The number of benzene rings is 4. The number of aliphatic hydroxyl groups is 2. The predicted molar refractivity (Wildman–Crippen MR) is 290 cm³/mol. The van der Waals surface area contributed by atoms with Crippen molar-refractivity contribution >= 4 is 33.9 Å². The molecular weight excluding hydrogens is 1080 g/mol. The van der Waals surface area contributed by atoms with Crippen LogP contribution in [0.25, 0.3) is 0 Å². The van der Waals surface area contributed by atoms with Gasteiger partial charge in [0.25, 0.3) is 0 Å². The normalized spacial score (nSPS) is 29.0. The summed E-state index contributed by atoms with van der Waals surface area (Å²) in [6.45, 7) is 3.59. The molecule has 3 aliphatic heterocycles. The number of aliphatic hydroxyl groups excluding tert-OH is 2. The molecule has 20 nitrogen and oxygen atoms in total. The largest absolute Gasteiger partial charge is 0.469 e. The summed E-state index contributed by atoms with van der Waals surface area (Å²) >= 11 is 6.26. The minimum absolute atomic E-state index is 0.0644. The number of halogens is 1. The average molecular weight is 1160 g/mol. The standard InChI is InChI=1S/C58H76ClNO19S/c1-38-50(71-34-41-24-14-9-15-25-41)54(72-35-42-26-16-10-17-27-42)55(73-36-43-28-18-11-19-29-43)58(74-38)78-52-47(60-39(2)61)56(70-31-21-7-5-4-6-20-30-46(62)68-3)76-45(37-69-33-40-22-12-8-13-23-40)51(52)77-57-49(64)53(79-80(65,66)67)48(63)44(32-59)75-57/h8-19,22-29,38,44-45,47-58,63-64H,4-7,20-21,30-37H2,1-3H3,(H,60,61)(H,65,66,67)/t38-,44+,45+,47+,48-,49+,50+,51+,52+,53-,54+,55-,56+,57-,58-/m0/s1. The Bertz CT molecular complexity index is 2530. The number of nitrogens with one attached hydrogen (secondary N) is 1. The van der Waals surface area contributed by atoms with Crippen LogP contribution in [0.2, 0.25) is 0 Å². The van der Waals surface area contributed by atoms with Gasteiger partial charge in [-0.3, -0.25) is 14.1 Å². The second kappa shape index (κ2) is 32.4. The molecule has 1 amide bonds. The number of amides is 1. The number of esters is 1.